The molecule has 60 heavy (non-hydrogen) atoms. The molecule has 0 saturated carbocycles. The summed E-state index contributed by atoms with van der Waals surface area (Å²) in [6.07, 6.45) is -8.65. The number of hydrogen-bond acceptors (Lipinski definition) is 8. The van der Waals surface area contributed by atoms with E-state index in [1.807, 2.05) is 111 Å². The summed E-state index contributed by atoms with van der Waals surface area (Å²) in [5.74, 6) is 0.908. The lowest BCUT2D eigenvalue weighted by Gasteiger charge is -2.32. The van der Waals surface area contributed by atoms with Crippen LogP contribution >= 0.6 is 22.6 Å². The van der Waals surface area contributed by atoms with Gasteiger partial charge in [-0.15, -0.1) is 5.10 Å². The Labute approximate surface area is 358 Å². The van der Waals surface area contributed by atoms with Crippen molar-refractivity contribution in [3.8, 4) is 22.6 Å². The molecule has 4 aromatic carbocycles. The zero-order valence-electron chi connectivity index (χ0n) is 33.2. The molecule has 0 unspecified atom stereocenters. The third-order valence-electron chi connectivity index (χ3n) is 9.18. The lowest BCUT2D eigenvalue weighted by Crippen LogP contribution is -2.41. The van der Waals surface area contributed by atoms with Crippen LogP contribution in [0.1, 0.15) is 38.8 Å². The molecule has 318 valence electrons. The summed E-state index contributed by atoms with van der Waals surface area (Å²) in [5, 5.41) is 8.46. The van der Waals surface area contributed by atoms with Crippen molar-refractivity contribution in [1.29, 1.82) is 0 Å². The van der Waals surface area contributed by atoms with E-state index >= 15 is 0 Å². The Hall–Kier alpha value is -4.89. The topological polar surface area (TPSA) is 125 Å². The number of nitrogens with zero attached hydrogens (tertiary/aromatic N) is 4. The number of benzene rings is 4. The summed E-state index contributed by atoms with van der Waals surface area (Å²) < 4.78 is 98.6. The first-order valence-electron chi connectivity index (χ1n) is 18.5. The molecule has 2 aromatic heterocycles. The number of hydrogen-bond donors (Lipinski definition) is 2. The molecule has 1 aliphatic rings. The summed E-state index contributed by atoms with van der Waals surface area (Å²) in [6, 6.07) is 37.1. The zero-order chi connectivity index (χ0) is 43.7. The van der Waals surface area contributed by atoms with Gasteiger partial charge in [-0.3, -0.25) is 0 Å². The fraction of sp³-hybridized carbons (Fsp3) is 0.286. The first kappa shape index (κ1) is 46.2. The molecule has 3 heterocycles. The average Bonchev–Trinajstić information content (AvgIpc) is 3.82. The maximum Gasteiger partial charge on any atom is 0.494 e. The van der Waals surface area contributed by atoms with E-state index in [0.29, 0.717) is 22.8 Å². The highest BCUT2D eigenvalue weighted by atomic mass is 127. The Balaban J connectivity index is 0.000000179. The van der Waals surface area contributed by atoms with Gasteiger partial charge >= 0.3 is 19.5 Å². The fourth-order valence-electron chi connectivity index (χ4n) is 5.69. The van der Waals surface area contributed by atoms with Crippen LogP contribution in [0.25, 0.3) is 22.6 Å². The molecule has 7 rings (SSSR count). The lowest BCUT2D eigenvalue weighted by molar-refractivity contribution is -0.177. The minimum Gasteiger partial charge on any atom is -0.399 e. The highest BCUT2D eigenvalue weighted by Crippen LogP contribution is 2.36. The molecule has 18 heteroatoms. The van der Waals surface area contributed by atoms with E-state index in [4.69, 9.17) is 25.5 Å². The van der Waals surface area contributed by atoms with Crippen molar-refractivity contribution < 1.29 is 45.1 Å². The van der Waals surface area contributed by atoms with Crippen molar-refractivity contribution in [2.75, 3.05) is 24.7 Å². The molecule has 0 bridgehead atoms. The van der Waals surface area contributed by atoms with Crippen molar-refractivity contribution in [3.05, 3.63) is 136 Å². The first-order valence-corrected chi connectivity index (χ1v) is 19.6. The lowest BCUT2D eigenvalue weighted by atomic mass is 9.78. The number of anilines is 2. The minimum absolute atomic E-state index is 0.104. The summed E-state index contributed by atoms with van der Waals surface area (Å²) in [4.78, 5) is 0. The van der Waals surface area contributed by atoms with Gasteiger partial charge in [0.05, 0.1) is 41.5 Å². The molecule has 0 aliphatic carbocycles. The normalized spacial score (nSPS) is 14.6. The molecule has 0 atom stereocenters. The third-order valence-corrected chi connectivity index (χ3v) is 9.95. The number of halogens is 7. The van der Waals surface area contributed by atoms with Crippen LogP contribution in [0.3, 0.4) is 0 Å². The molecular weight excluding hydrogens is 904 g/mol. The van der Waals surface area contributed by atoms with Gasteiger partial charge in [0, 0.05) is 17.7 Å². The maximum absolute atomic E-state index is 12.2. The average molecular weight is 949 g/mol. The van der Waals surface area contributed by atoms with Gasteiger partial charge in [0.1, 0.15) is 28.6 Å². The van der Waals surface area contributed by atoms with Gasteiger partial charge in [-0.2, -0.15) is 31.4 Å². The predicted molar refractivity (Wildman–Crippen MR) is 228 cm³/mol. The van der Waals surface area contributed by atoms with Crippen LogP contribution in [0.15, 0.2) is 121 Å². The van der Waals surface area contributed by atoms with Crippen LogP contribution in [-0.4, -0.2) is 63.4 Å². The molecule has 0 radical (unpaired) electrons. The molecule has 1 aliphatic heterocycles. The smallest absolute Gasteiger partial charge is 0.399 e. The Bertz CT molecular complexity index is 2270. The highest BCUT2D eigenvalue weighted by Gasteiger charge is 2.51. The maximum atomic E-state index is 12.2. The van der Waals surface area contributed by atoms with Gasteiger partial charge in [-0.1, -0.05) is 78.9 Å². The minimum atomic E-state index is -4.34. The van der Waals surface area contributed by atoms with Gasteiger partial charge in [0.2, 0.25) is 0 Å². The van der Waals surface area contributed by atoms with Gasteiger partial charge in [-0.05, 0) is 97.2 Å². The second-order valence-electron chi connectivity index (χ2n) is 14.6. The molecule has 1 saturated heterocycles. The Morgan fingerprint density at radius 2 is 1.08 bits per heavy atom. The number of ether oxygens (including phenoxy) is 2. The monoisotopic (exact) mass is 948 g/mol. The number of nitrogen functional groups attached to an aromatic ring is 2. The summed E-state index contributed by atoms with van der Waals surface area (Å²) in [7, 11) is -0.535. The van der Waals surface area contributed by atoms with E-state index < -0.39 is 43.9 Å². The molecule has 0 spiro atoms. The van der Waals surface area contributed by atoms with E-state index in [2.05, 4.69) is 37.5 Å². The summed E-state index contributed by atoms with van der Waals surface area (Å²) in [6.45, 7) is 5.04. The number of nitrogens with two attached hydrogens (primary N) is 2. The van der Waals surface area contributed by atoms with E-state index in [1.165, 1.54) is 0 Å². The van der Waals surface area contributed by atoms with Crippen LogP contribution < -0.4 is 16.9 Å². The number of alkyl halides is 6. The van der Waals surface area contributed by atoms with E-state index in [-0.39, 0.29) is 13.2 Å². The van der Waals surface area contributed by atoms with Crippen LogP contribution in [0.2, 0.25) is 0 Å². The molecule has 0 amide bonds. The number of para-hydroxylation sites is 2. The van der Waals surface area contributed by atoms with Gasteiger partial charge < -0.3 is 30.2 Å². The van der Waals surface area contributed by atoms with E-state index in [9.17, 15) is 26.3 Å². The number of rotatable bonds is 10. The quantitative estimate of drug-likeness (QED) is 0.0792. The Morgan fingerprint density at radius 1 is 0.617 bits per heavy atom. The van der Waals surface area contributed by atoms with Gasteiger partial charge in [0.25, 0.3) is 0 Å². The Morgan fingerprint density at radius 3 is 1.58 bits per heavy atom. The van der Waals surface area contributed by atoms with Crippen LogP contribution in [-0.2, 0) is 32.0 Å². The van der Waals surface area contributed by atoms with E-state index in [1.54, 1.807) is 47.1 Å². The second-order valence-corrected chi connectivity index (χ2v) is 15.7. The molecular formula is C42H44BF6IN6O4. The van der Waals surface area contributed by atoms with Crippen molar-refractivity contribution in [3.63, 3.8) is 0 Å². The largest absolute Gasteiger partial charge is 0.494 e. The zero-order valence-corrected chi connectivity index (χ0v) is 35.3. The second kappa shape index (κ2) is 19.7. The molecule has 4 N–H and O–H groups in total. The summed E-state index contributed by atoms with van der Waals surface area (Å²) >= 11 is 2.21. The predicted octanol–water partition coefficient (Wildman–Crippen LogP) is 9.32. The number of aromatic nitrogens is 4. The van der Waals surface area contributed by atoms with Crippen molar-refractivity contribution >= 4 is 46.8 Å². The van der Waals surface area contributed by atoms with Crippen LogP contribution in [0.4, 0.5) is 38.0 Å². The van der Waals surface area contributed by atoms with Gasteiger partial charge in [0.15, 0.2) is 0 Å². The fourth-order valence-corrected chi connectivity index (χ4v) is 6.40. The van der Waals surface area contributed by atoms with Crippen LogP contribution in [0.5, 0.6) is 0 Å². The van der Waals surface area contributed by atoms with Gasteiger partial charge in [-0.25, -0.2) is 9.36 Å². The molecule has 6 aromatic rings. The first-order chi connectivity index (χ1) is 28.2. The SMILES string of the molecule is CC1(C)OB(c2cccc(COCC(F)(F)F)c2)OC1(C)C.Nc1cc(-c2cccc(COCC(F)(F)F)c2)n(-c2ccccc2)n1.Nc1cc(I)n(-c2ccccc2)n1. The molecule has 10 nitrogen and oxygen atoms in total. The highest BCUT2D eigenvalue weighted by molar-refractivity contribution is 14.1. The van der Waals surface area contributed by atoms with E-state index in [0.717, 1.165) is 31.8 Å². The standard InChI is InChI=1S/C18H16F3N3O.C15H20BF3O3.C9H8IN3/c19-18(20,21)12-25-11-13-5-4-6-14(9-13)16-10-17(22)23-24(16)15-7-2-1-3-8-15;1-13(2)14(3,4)22-16(21-13)12-7-5-6-11(8-12)9-20-10-15(17,18)19;10-8-6-9(11)12-13(8)7-4-2-1-3-5-7/h1-10H,11-12H2,(H2,22,23);5-8H,9-10H2,1-4H3;1-6H,(H2,11,12). The Kier molecular flexibility index (Phi) is 15.1. The van der Waals surface area contributed by atoms with Crippen molar-refractivity contribution in [1.82, 2.24) is 19.6 Å². The van der Waals surface area contributed by atoms with Crippen LogP contribution in [0, 0.1) is 3.70 Å². The van der Waals surface area contributed by atoms with Crippen molar-refractivity contribution in [2.45, 2.75) is 64.5 Å². The summed E-state index contributed by atoms with van der Waals surface area (Å²) in [5.41, 5.74) is 16.0. The van der Waals surface area contributed by atoms with Crippen molar-refractivity contribution in [2.24, 2.45) is 0 Å². The third kappa shape index (κ3) is 13.3. The molecule has 1 fully saturated rings.